The summed E-state index contributed by atoms with van der Waals surface area (Å²) < 4.78 is 22.1. The van der Waals surface area contributed by atoms with E-state index in [1.54, 1.807) is 19.1 Å². The quantitative estimate of drug-likeness (QED) is 0.423. The predicted octanol–water partition coefficient (Wildman–Crippen LogP) is 4.68. The van der Waals surface area contributed by atoms with Gasteiger partial charge in [0.2, 0.25) is 5.82 Å². The fraction of sp³-hybridized carbons (Fsp3) is 0.346. The van der Waals surface area contributed by atoms with Crippen LogP contribution in [0.5, 0.6) is 11.5 Å². The van der Waals surface area contributed by atoms with Crippen LogP contribution < -0.4 is 14.8 Å². The van der Waals surface area contributed by atoms with Crippen molar-refractivity contribution < 1.29 is 23.5 Å². The van der Waals surface area contributed by atoms with Crippen LogP contribution in [-0.4, -0.2) is 55.0 Å². The second-order valence-corrected chi connectivity index (χ2v) is 7.99. The van der Waals surface area contributed by atoms with Crippen LogP contribution in [0.1, 0.15) is 37.8 Å². The van der Waals surface area contributed by atoms with Crippen LogP contribution in [0.25, 0.3) is 17.0 Å². The van der Waals surface area contributed by atoms with Crippen LogP contribution in [0.15, 0.2) is 58.8 Å². The number of benzene rings is 2. The summed E-state index contributed by atoms with van der Waals surface area (Å²) >= 11 is 0. The maximum absolute atomic E-state index is 13.2. The zero-order valence-corrected chi connectivity index (χ0v) is 20.4. The lowest BCUT2D eigenvalue weighted by Crippen LogP contribution is -2.46. The van der Waals surface area contributed by atoms with Crippen molar-refractivity contribution in [3.05, 3.63) is 65.7 Å². The third kappa shape index (κ3) is 5.14. The second kappa shape index (κ2) is 11.1. The molecule has 2 heterocycles. The number of allylic oxidation sites excluding steroid dienone is 1. The molecule has 9 nitrogen and oxygen atoms in total. The van der Waals surface area contributed by atoms with Gasteiger partial charge in [0.15, 0.2) is 11.5 Å². The van der Waals surface area contributed by atoms with Gasteiger partial charge in [0.1, 0.15) is 0 Å². The van der Waals surface area contributed by atoms with Gasteiger partial charge in [0.25, 0.3) is 5.89 Å². The predicted molar refractivity (Wildman–Crippen MR) is 131 cm³/mol. The first-order valence-electron chi connectivity index (χ1n) is 11.5. The van der Waals surface area contributed by atoms with Crippen molar-refractivity contribution in [2.45, 2.75) is 26.3 Å². The monoisotopic (exact) mass is 478 g/mol. The van der Waals surface area contributed by atoms with Crippen molar-refractivity contribution in [1.29, 1.82) is 0 Å². The smallest absolute Gasteiger partial charge is 0.322 e. The first-order valence-corrected chi connectivity index (χ1v) is 11.5. The zero-order valence-electron chi connectivity index (χ0n) is 20.4. The number of carbonyl (C=O) groups is 1. The van der Waals surface area contributed by atoms with E-state index in [1.807, 2.05) is 62.4 Å². The largest absolute Gasteiger partial charge is 0.493 e. The maximum atomic E-state index is 13.2. The lowest BCUT2D eigenvalue weighted by Gasteiger charge is -2.35. The lowest BCUT2D eigenvalue weighted by molar-refractivity contribution is 0.136. The van der Waals surface area contributed by atoms with E-state index in [0.717, 1.165) is 22.4 Å². The summed E-state index contributed by atoms with van der Waals surface area (Å²) in [5.74, 6) is 1.98. The van der Waals surface area contributed by atoms with Crippen molar-refractivity contribution >= 4 is 11.6 Å². The summed E-state index contributed by atoms with van der Waals surface area (Å²) in [5.41, 5.74) is 3.12. The fourth-order valence-corrected chi connectivity index (χ4v) is 4.12. The van der Waals surface area contributed by atoms with E-state index >= 15 is 0 Å². The summed E-state index contributed by atoms with van der Waals surface area (Å²) in [4.78, 5) is 19.5. The normalized spacial score (nSPS) is 15.8. The molecule has 0 radical (unpaired) electrons. The minimum absolute atomic E-state index is 0.203. The number of hydrogen-bond donors (Lipinski definition) is 1. The van der Waals surface area contributed by atoms with Crippen LogP contribution in [0, 0.1) is 0 Å². The molecule has 184 valence electrons. The number of nitrogens with one attached hydrogen (secondary N) is 1. The second-order valence-electron chi connectivity index (χ2n) is 7.99. The van der Waals surface area contributed by atoms with Crippen molar-refractivity contribution in [3.8, 4) is 22.9 Å². The van der Waals surface area contributed by atoms with Gasteiger partial charge in [0.05, 0.1) is 25.8 Å². The highest BCUT2D eigenvalue weighted by molar-refractivity contribution is 5.87. The Morgan fingerprint density at radius 3 is 2.57 bits per heavy atom. The summed E-state index contributed by atoms with van der Waals surface area (Å²) in [6.45, 7) is 5.55. The fourth-order valence-electron chi connectivity index (χ4n) is 4.12. The Bertz CT molecular complexity index is 1190. The molecular weight excluding hydrogens is 448 g/mol. The molecule has 1 N–H and O–H groups in total. The molecule has 3 aromatic rings. The number of ether oxygens (including phenoxy) is 3. The Balaban J connectivity index is 1.76. The van der Waals surface area contributed by atoms with Crippen LogP contribution >= 0.6 is 0 Å². The van der Waals surface area contributed by atoms with Crippen LogP contribution in [0.4, 0.5) is 4.79 Å². The number of rotatable bonds is 10. The molecule has 9 heteroatoms. The third-order valence-corrected chi connectivity index (χ3v) is 5.90. The van der Waals surface area contributed by atoms with Gasteiger partial charge >= 0.3 is 6.03 Å². The number of amides is 2. The van der Waals surface area contributed by atoms with E-state index in [4.69, 9.17) is 18.7 Å². The molecule has 0 saturated heterocycles. The number of urea groups is 1. The zero-order chi connectivity index (χ0) is 24.8. The van der Waals surface area contributed by atoms with E-state index in [-0.39, 0.29) is 6.03 Å². The van der Waals surface area contributed by atoms with Gasteiger partial charge in [-0.1, -0.05) is 41.6 Å². The number of carbonyl (C=O) groups excluding carboxylic acids is 1. The van der Waals surface area contributed by atoms with E-state index < -0.39 is 6.04 Å². The SMILES string of the molecule is CCOCCCN1C(=O)NC(c2ccc(OC)c(OC)c2)C(c2nc(-c3ccccc3)no2)=C1C. The van der Waals surface area contributed by atoms with Crippen molar-refractivity contribution in [3.63, 3.8) is 0 Å². The molecule has 1 aliphatic rings. The topological polar surface area (TPSA) is 99.0 Å². The van der Waals surface area contributed by atoms with Gasteiger partial charge in [0, 0.05) is 31.0 Å². The average Bonchev–Trinajstić information content (AvgIpc) is 3.37. The highest BCUT2D eigenvalue weighted by Crippen LogP contribution is 2.40. The summed E-state index contributed by atoms with van der Waals surface area (Å²) in [6, 6.07) is 14.4. The molecule has 0 bridgehead atoms. The van der Waals surface area contributed by atoms with Gasteiger partial charge in [-0.15, -0.1) is 0 Å². The number of aromatic nitrogens is 2. The molecule has 4 rings (SSSR count). The Hall–Kier alpha value is -3.85. The Kier molecular flexibility index (Phi) is 7.67. The van der Waals surface area contributed by atoms with E-state index in [9.17, 15) is 4.79 Å². The van der Waals surface area contributed by atoms with Crippen molar-refractivity contribution in [1.82, 2.24) is 20.4 Å². The van der Waals surface area contributed by atoms with E-state index in [1.165, 1.54) is 0 Å². The molecule has 1 aromatic heterocycles. The Morgan fingerprint density at radius 2 is 1.86 bits per heavy atom. The molecule has 1 unspecified atom stereocenters. The Morgan fingerprint density at radius 1 is 1.09 bits per heavy atom. The van der Waals surface area contributed by atoms with Crippen LogP contribution in [0.3, 0.4) is 0 Å². The molecule has 0 aliphatic carbocycles. The third-order valence-electron chi connectivity index (χ3n) is 5.90. The number of nitrogens with zero attached hydrogens (tertiary/aromatic N) is 3. The van der Waals surface area contributed by atoms with Gasteiger partial charge in [-0.3, -0.25) is 4.90 Å². The summed E-state index contributed by atoms with van der Waals surface area (Å²) in [6.07, 6.45) is 0.700. The minimum atomic E-state index is -0.519. The van der Waals surface area contributed by atoms with Gasteiger partial charge in [-0.2, -0.15) is 4.98 Å². The molecule has 2 amide bonds. The first kappa shape index (κ1) is 24.3. The average molecular weight is 479 g/mol. The number of hydrogen-bond acceptors (Lipinski definition) is 7. The summed E-state index contributed by atoms with van der Waals surface area (Å²) in [7, 11) is 3.16. The summed E-state index contributed by atoms with van der Waals surface area (Å²) in [5, 5.41) is 7.30. The van der Waals surface area contributed by atoms with Gasteiger partial charge < -0.3 is 24.1 Å². The van der Waals surface area contributed by atoms with E-state index in [0.29, 0.717) is 49.4 Å². The molecular formula is C26H30N4O5. The molecule has 0 fully saturated rings. The highest BCUT2D eigenvalue weighted by Gasteiger charge is 2.36. The molecule has 2 aromatic carbocycles. The molecule has 35 heavy (non-hydrogen) atoms. The maximum Gasteiger partial charge on any atom is 0.322 e. The molecule has 0 saturated carbocycles. The molecule has 1 atom stereocenters. The number of methoxy groups -OCH3 is 2. The highest BCUT2D eigenvalue weighted by atomic mass is 16.5. The first-order chi connectivity index (χ1) is 17.1. The van der Waals surface area contributed by atoms with Crippen molar-refractivity contribution in [2.75, 3.05) is 34.0 Å². The molecule has 0 spiro atoms. The standard InChI is InChI=1S/C26H30N4O5/c1-5-34-15-9-14-30-17(2)22(25-28-24(29-35-25)18-10-7-6-8-11-18)23(27-26(30)31)19-12-13-20(32-3)21(16-19)33-4/h6-8,10-13,16,23H,5,9,14-15H2,1-4H3,(H,27,31). The van der Waals surface area contributed by atoms with Crippen LogP contribution in [0.2, 0.25) is 0 Å². The minimum Gasteiger partial charge on any atom is -0.493 e. The lowest BCUT2D eigenvalue weighted by atomic mass is 9.94. The van der Waals surface area contributed by atoms with E-state index in [2.05, 4.69) is 15.5 Å². The molecule has 1 aliphatic heterocycles. The van der Waals surface area contributed by atoms with Crippen LogP contribution in [-0.2, 0) is 4.74 Å². The van der Waals surface area contributed by atoms with Crippen molar-refractivity contribution in [2.24, 2.45) is 0 Å². The van der Waals surface area contributed by atoms with Gasteiger partial charge in [-0.05, 0) is 38.0 Å². The Labute approximate surface area is 204 Å². The van der Waals surface area contributed by atoms with Gasteiger partial charge in [-0.25, -0.2) is 4.79 Å².